The van der Waals surface area contributed by atoms with E-state index in [1.807, 2.05) is 13.3 Å². The highest BCUT2D eigenvalue weighted by Gasteiger charge is 2.21. The molecule has 1 fully saturated rings. The van der Waals surface area contributed by atoms with Gasteiger partial charge in [-0.25, -0.2) is 4.98 Å². The Morgan fingerprint density at radius 3 is 2.82 bits per heavy atom. The molecule has 1 aromatic rings. The summed E-state index contributed by atoms with van der Waals surface area (Å²) in [5.74, 6) is 0.523. The van der Waals surface area contributed by atoms with E-state index in [0.29, 0.717) is 18.1 Å². The molecule has 0 spiro atoms. The summed E-state index contributed by atoms with van der Waals surface area (Å²) in [6.45, 7) is 3.28. The van der Waals surface area contributed by atoms with E-state index < -0.39 is 0 Å². The number of aromatic nitrogens is 1. The Bertz CT molecular complexity index is 307. The van der Waals surface area contributed by atoms with Crippen LogP contribution in [0.1, 0.15) is 43.5 Å². The van der Waals surface area contributed by atoms with Crippen LogP contribution in [0.15, 0.2) is 11.6 Å². The quantitative estimate of drug-likeness (QED) is 0.877. The van der Waals surface area contributed by atoms with Crippen molar-refractivity contribution in [1.82, 2.24) is 10.3 Å². The number of ether oxygens (including phenoxy) is 1. The second kappa shape index (κ2) is 6.47. The van der Waals surface area contributed by atoms with Gasteiger partial charge in [0.1, 0.15) is 0 Å². The summed E-state index contributed by atoms with van der Waals surface area (Å²) in [6.07, 6.45) is 7.25. The molecule has 0 saturated heterocycles. The van der Waals surface area contributed by atoms with Crippen LogP contribution < -0.4 is 5.32 Å². The Morgan fingerprint density at radius 1 is 1.47 bits per heavy atom. The average Bonchev–Trinajstić information content (AvgIpc) is 2.90. The molecular weight excluding hydrogens is 232 g/mol. The van der Waals surface area contributed by atoms with Crippen molar-refractivity contribution in [3.8, 4) is 0 Å². The Balaban J connectivity index is 1.69. The number of nitrogens with one attached hydrogen (secondary N) is 1. The summed E-state index contributed by atoms with van der Waals surface area (Å²) in [6, 6.07) is 0.670. The van der Waals surface area contributed by atoms with Gasteiger partial charge in [-0.1, -0.05) is 6.92 Å². The van der Waals surface area contributed by atoms with Gasteiger partial charge in [-0.05, 0) is 25.7 Å². The van der Waals surface area contributed by atoms with Crippen molar-refractivity contribution >= 4 is 11.3 Å². The molecule has 1 saturated carbocycles. The fourth-order valence-electron chi connectivity index (χ4n) is 2.41. The smallest absolute Gasteiger partial charge is 0.0965 e. The number of methoxy groups -OCH3 is 1. The zero-order valence-electron chi connectivity index (χ0n) is 10.7. The average molecular weight is 254 g/mol. The molecule has 1 aliphatic rings. The molecule has 1 heterocycles. The second-order valence-corrected chi connectivity index (χ2v) is 5.82. The maximum atomic E-state index is 5.39. The Morgan fingerprint density at radius 2 is 2.24 bits per heavy atom. The molecule has 1 unspecified atom stereocenters. The Hall–Kier alpha value is -0.450. The van der Waals surface area contributed by atoms with Crippen molar-refractivity contribution < 1.29 is 4.74 Å². The summed E-state index contributed by atoms with van der Waals surface area (Å²) in [5.41, 5.74) is 0. The van der Waals surface area contributed by atoms with Crippen molar-refractivity contribution in [3.05, 3.63) is 16.6 Å². The molecule has 2 rings (SSSR count). The first kappa shape index (κ1) is 13.0. The van der Waals surface area contributed by atoms with Crippen molar-refractivity contribution in [2.24, 2.45) is 0 Å². The molecule has 3 nitrogen and oxygen atoms in total. The molecule has 0 radical (unpaired) electrons. The van der Waals surface area contributed by atoms with Gasteiger partial charge in [-0.2, -0.15) is 0 Å². The van der Waals surface area contributed by atoms with Gasteiger partial charge in [0.15, 0.2) is 0 Å². The molecule has 0 bridgehead atoms. The molecule has 1 atom stereocenters. The van der Waals surface area contributed by atoms with Crippen LogP contribution in [0.4, 0.5) is 0 Å². The van der Waals surface area contributed by atoms with Crippen molar-refractivity contribution in [3.63, 3.8) is 0 Å². The maximum Gasteiger partial charge on any atom is 0.0965 e. The first-order chi connectivity index (χ1) is 8.29. The monoisotopic (exact) mass is 254 g/mol. The van der Waals surface area contributed by atoms with Crippen LogP contribution in [0.5, 0.6) is 0 Å². The summed E-state index contributed by atoms with van der Waals surface area (Å²) >= 11 is 1.75. The zero-order valence-corrected chi connectivity index (χ0v) is 11.5. The highest BCUT2D eigenvalue weighted by atomic mass is 32.1. The molecule has 1 aromatic heterocycles. The maximum absolute atomic E-state index is 5.39. The normalized spacial score (nSPS) is 26.9. The SMILES string of the molecule is COC1CCC(NCC(C)c2nccs2)CC1. The third-order valence-corrected chi connectivity index (χ3v) is 4.60. The summed E-state index contributed by atoms with van der Waals surface area (Å²) in [7, 11) is 1.82. The van der Waals surface area contributed by atoms with E-state index in [1.165, 1.54) is 30.7 Å². The fraction of sp³-hybridized carbons (Fsp3) is 0.769. The molecule has 0 aliphatic heterocycles. The third kappa shape index (κ3) is 3.76. The van der Waals surface area contributed by atoms with Gasteiger partial charge in [0, 0.05) is 37.2 Å². The molecule has 4 heteroatoms. The predicted octanol–water partition coefficient (Wildman–Crippen LogP) is 2.79. The van der Waals surface area contributed by atoms with Gasteiger partial charge in [0.05, 0.1) is 11.1 Å². The van der Waals surface area contributed by atoms with E-state index >= 15 is 0 Å². The van der Waals surface area contributed by atoms with Gasteiger partial charge in [-0.15, -0.1) is 11.3 Å². The van der Waals surface area contributed by atoms with E-state index in [0.717, 1.165) is 6.54 Å². The zero-order chi connectivity index (χ0) is 12.1. The molecule has 1 N–H and O–H groups in total. The Labute approximate surface area is 108 Å². The summed E-state index contributed by atoms with van der Waals surface area (Å²) in [5, 5.41) is 6.96. The molecular formula is C13H22N2OS. The number of hydrogen-bond donors (Lipinski definition) is 1. The predicted molar refractivity (Wildman–Crippen MR) is 71.6 cm³/mol. The molecule has 0 aromatic carbocycles. The van der Waals surface area contributed by atoms with Crippen LogP contribution in [-0.4, -0.2) is 30.8 Å². The second-order valence-electron chi connectivity index (χ2n) is 4.89. The van der Waals surface area contributed by atoms with Crippen LogP contribution in [0.25, 0.3) is 0 Å². The van der Waals surface area contributed by atoms with Crippen LogP contribution in [0.2, 0.25) is 0 Å². The highest BCUT2D eigenvalue weighted by molar-refractivity contribution is 7.09. The first-order valence-corrected chi connectivity index (χ1v) is 7.33. The van der Waals surface area contributed by atoms with E-state index in [9.17, 15) is 0 Å². The molecule has 0 amide bonds. The summed E-state index contributed by atoms with van der Waals surface area (Å²) < 4.78 is 5.39. The fourth-order valence-corrected chi connectivity index (χ4v) is 3.11. The van der Waals surface area contributed by atoms with Crippen molar-refractivity contribution in [1.29, 1.82) is 0 Å². The lowest BCUT2D eigenvalue weighted by Crippen LogP contribution is -2.36. The number of thiazole rings is 1. The van der Waals surface area contributed by atoms with Crippen LogP contribution in [0, 0.1) is 0 Å². The first-order valence-electron chi connectivity index (χ1n) is 6.45. The standard InChI is InChI=1S/C13H22N2OS/c1-10(13-14-7-8-17-13)9-15-11-3-5-12(16-2)6-4-11/h7-8,10-12,15H,3-6,9H2,1-2H3. The van der Waals surface area contributed by atoms with E-state index in [4.69, 9.17) is 4.74 Å². The van der Waals surface area contributed by atoms with Gasteiger partial charge in [0.2, 0.25) is 0 Å². The number of hydrogen-bond acceptors (Lipinski definition) is 4. The number of nitrogens with zero attached hydrogens (tertiary/aromatic N) is 1. The number of rotatable bonds is 5. The van der Waals surface area contributed by atoms with Crippen LogP contribution >= 0.6 is 11.3 Å². The van der Waals surface area contributed by atoms with Gasteiger partial charge < -0.3 is 10.1 Å². The highest BCUT2D eigenvalue weighted by Crippen LogP contribution is 2.22. The molecule has 1 aliphatic carbocycles. The van der Waals surface area contributed by atoms with E-state index in [1.54, 1.807) is 11.3 Å². The largest absolute Gasteiger partial charge is 0.381 e. The third-order valence-electron chi connectivity index (χ3n) is 3.59. The lowest BCUT2D eigenvalue weighted by atomic mass is 9.92. The minimum Gasteiger partial charge on any atom is -0.381 e. The van der Waals surface area contributed by atoms with Crippen LogP contribution in [-0.2, 0) is 4.74 Å². The van der Waals surface area contributed by atoms with E-state index in [-0.39, 0.29) is 0 Å². The lowest BCUT2D eigenvalue weighted by Gasteiger charge is -2.29. The van der Waals surface area contributed by atoms with Gasteiger partial charge in [0.25, 0.3) is 0 Å². The minimum atomic E-state index is 0.490. The molecule has 17 heavy (non-hydrogen) atoms. The minimum absolute atomic E-state index is 0.490. The Kier molecular flexibility index (Phi) is 4.95. The van der Waals surface area contributed by atoms with Crippen molar-refractivity contribution in [2.45, 2.75) is 50.7 Å². The lowest BCUT2D eigenvalue weighted by molar-refractivity contribution is 0.0625. The van der Waals surface area contributed by atoms with Gasteiger partial charge >= 0.3 is 0 Å². The van der Waals surface area contributed by atoms with Crippen LogP contribution in [0.3, 0.4) is 0 Å². The van der Waals surface area contributed by atoms with Crippen molar-refractivity contribution in [2.75, 3.05) is 13.7 Å². The summed E-state index contributed by atoms with van der Waals surface area (Å²) in [4.78, 5) is 4.36. The van der Waals surface area contributed by atoms with Gasteiger partial charge in [-0.3, -0.25) is 0 Å². The molecule has 96 valence electrons. The van der Waals surface area contributed by atoms with E-state index in [2.05, 4.69) is 22.6 Å². The topological polar surface area (TPSA) is 34.1 Å².